The lowest BCUT2D eigenvalue weighted by Crippen LogP contribution is -2.44. The number of aliphatic hydroxyl groups is 1. The molecule has 1 heterocycles. The lowest BCUT2D eigenvalue weighted by atomic mass is 9.99. The Morgan fingerprint density at radius 1 is 1.50 bits per heavy atom. The molecule has 12 heavy (non-hydrogen) atoms. The Morgan fingerprint density at radius 3 is 2.92 bits per heavy atom. The topological polar surface area (TPSA) is 32.7 Å². The van der Waals surface area contributed by atoms with Crippen molar-refractivity contribution in [1.82, 2.24) is 4.90 Å². The number of rotatable bonds is 1. The van der Waals surface area contributed by atoms with E-state index in [-0.39, 0.29) is 0 Å². The van der Waals surface area contributed by atoms with Crippen LogP contribution in [0.4, 0.5) is 0 Å². The van der Waals surface area contributed by atoms with Crippen LogP contribution in [-0.4, -0.2) is 49.0 Å². The summed E-state index contributed by atoms with van der Waals surface area (Å²) in [5.74, 6) is 0.498. The first kappa shape index (κ1) is 8.48. The molecule has 1 aliphatic heterocycles. The van der Waals surface area contributed by atoms with E-state index in [1.54, 1.807) is 0 Å². The van der Waals surface area contributed by atoms with Crippen molar-refractivity contribution in [1.29, 1.82) is 0 Å². The van der Waals surface area contributed by atoms with Crippen LogP contribution in [0.3, 0.4) is 0 Å². The Labute approximate surface area is 73.3 Å². The van der Waals surface area contributed by atoms with E-state index in [0.29, 0.717) is 12.5 Å². The summed E-state index contributed by atoms with van der Waals surface area (Å²) in [6.45, 7) is 3.00. The van der Waals surface area contributed by atoms with E-state index in [2.05, 4.69) is 4.90 Å². The lowest BCUT2D eigenvalue weighted by Gasteiger charge is -2.28. The molecule has 0 spiro atoms. The van der Waals surface area contributed by atoms with E-state index < -0.39 is 5.60 Å². The smallest absolute Gasteiger partial charge is 0.103 e. The third-order valence-electron chi connectivity index (χ3n) is 2.85. The van der Waals surface area contributed by atoms with Crippen molar-refractivity contribution in [2.24, 2.45) is 5.92 Å². The number of hydrogen-bond acceptors (Lipinski definition) is 3. The summed E-state index contributed by atoms with van der Waals surface area (Å²) in [4.78, 5) is 2.16. The molecule has 1 atom stereocenters. The Morgan fingerprint density at radius 2 is 2.25 bits per heavy atom. The molecular weight excluding hydrogens is 154 g/mol. The Hall–Kier alpha value is -0.120. The molecule has 0 bridgehead atoms. The SMILES string of the molecule is CN1CCOCC(O)(C2CC2)C1. The van der Waals surface area contributed by atoms with Crippen LogP contribution >= 0.6 is 0 Å². The van der Waals surface area contributed by atoms with Gasteiger partial charge in [-0.15, -0.1) is 0 Å². The van der Waals surface area contributed by atoms with E-state index in [0.717, 1.165) is 19.7 Å². The van der Waals surface area contributed by atoms with Crippen molar-refractivity contribution in [3.63, 3.8) is 0 Å². The number of ether oxygens (including phenoxy) is 1. The van der Waals surface area contributed by atoms with Gasteiger partial charge in [0, 0.05) is 13.1 Å². The molecule has 3 nitrogen and oxygen atoms in total. The molecule has 1 saturated carbocycles. The molecule has 0 aromatic rings. The van der Waals surface area contributed by atoms with Crippen LogP contribution in [0.1, 0.15) is 12.8 Å². The largest absolute Gasteiger partial charge is 0.386 e. The van der Waals surface area contributed by atoms with Gasteiger partial charge in [0.15, 0.2) is 0 Å². The third-order valence-corrected chi connectivity index (χ3v) is 2.85. The Kier molecular flexibility index (Phi) is 2.10. The minimum absolute atomic E-state index is 0.498. The summed E-state index contributed by atoms with van der Waals surface area (Å²) in [6, 6.07) is 0. The molecule has 0 aromatic carbocycles. The molecule has 1 N–H and O–H groups in total. The molecule has 1 aliphatic carbocycles. The highest BCUT2D eigenvalue weighted by Gasteiger charge is 2.45. The maximum absolute atomic E-state index is 10.2. The quantitative estimate of drug-likeness (QED) is 0.607. The average Bonchev–Trinajstić information content (AvgIpc) is 2.76. The van der Waals surface area contributed by atoms with Crippen molar-refractivity contribution in [3.05, 3.63) is 0 Å². The first-order chi connectivity index (χ1) is 5.71. The van der Waals surface area contributed by atoms with Gasteiger partial charge in [-0.25, -0.2) is 0 Å². The van der Waals surface area contributed by atoms with Crippen LogP contribution < -0.4 is 0 Å². The fourth-order valence-electron chi connectivity index (χ4n) is 1.93. The summed E-state index contributed by atoms with van der Waals surface area (Å²) >= 11 is 0. The standard InChI is InChI=1S/C9H17NO2/c1-10-4-5-12-7-9(11,6-10)8-2-3-8/h8,11H,2-7H2,1H3. The van der Waals surface area contributed by atoms with Crippen LogP contribution in [0.15, 0.2) is 0 Å². The summed E-state index contributed by atoms with van der Waals surface area (Å²) in [5.41, 5.74) is -0.550. The molecule has 1 unspecified atom stereocenters. The van der Waals surface area contributed by atoms with E-state index in [9.17, 15) is 5.11 Å². The van der Waals surface area contributed by atoms with Crippen LogP contribution in [0.5, 0.6) is 0 Å². The second kappa shape index (κ2) is 2.98. The average molecular weight is 171 g/mol. The van der Waals surface area contributed by atoms with E-state index in [4.69, 9.17) is 4.74 Å². The molecule has 1 saturated heterocycles. The molecule has 2 rings (SSSR count). The summed E-state index contributed by atoms with van der Waals surface area (Å²) in [5, 5.41) is 10.2. The number of β-amino-alcohol motifs (C(OH)–C–C–N with tert-alkyl or cyclic N) is 1. The molecule has 0 radical (unpaired) electrons. The molecule has 2 aliphatic rings. The van der Waals surface area contributed by atoms with Gasteiger partial charge in [0.2, 0.25) is 0 Å². The minimum Gasteiger partial charge on any atom is -0.386 e. The van der Waals surface area contributed by atoms with Crippen molar-refractivity contribution < 1.29 is 9.84 Å². The molecule has 0 aromatic heterocycles. The van der Waals surface area contributed by atoms with Gasteiger partial charge in [0.05, 0.1) is 13.2 Å². The molecule has 70 valence electrons. The zero-order chi connectivity index (χ0) is 8.60. The maximum atomic E-state index is 10.2. The number of nitrogens with zero attached hydrogens (tertiary/aromatic N) is 1. The highest BCUT2D eigenvalue weighted by atomic mass is 16.5. The predicted molar refractivity (Wildman–Crippen MR) is 46.0 cm³/mol. The van der Waals surface area contributed by atoms with Gasteiger partial charge in [0.25, 0.3) is 0 Å². The maximum Gasteiger partial charge on any atom is 0.103 e. The van der Waals surface area contributed by atoms with Crippen LogP contribution in [-0.2, 0) is 4.74 Å². The van der Waals surface area contributed by atoms with Crippen molar-refractivity contribution >= 4 is 0 Å². The van der Waals surface area contributed by atoms with E-state index in [1.165, 1.54) is 12.8 Å². The molecule has 0 amide bonds. The van der Waals surface area contributed by atoms with Gasteiger partial charge in [0.1, 0.15) is 5.60 Å². The zero-order valence-electron chi connectivity index (χ0n) is 7.62. The first-order valence-corrected chi connectivity index (χ1v) is 4.69. The number of hydrogen-bond donors (Lipinski definition) is 1. The zero-order valence-corrected chi connectivity index (χ0v) is 7.62. The Balaban J connectivity index is 2.01. The first-order valence-electron chi connectivity index (χ1n) is 4.69. The highest BCUT2D eigenvalue weighted by molar-refractivity contribution is 4.97. The normalized spacial score (nSPS) is 39.5. The van der Waals surface area contributed by atoms with Crippen molar-refractivity contribution in [3.8, 4) is 0 Å². The Bertz CT molecular complexity index is 170. The van der Waals surface area contributed by atoms with Gasteiger partial charge >= 0.3 is 0 Å². The summed E-state index contributed by atoms with van der Waals surface area (Å²) < 4.78 is 5.39. The van der Waals surface area contributed by atoms with E-state index >= 15 is 0 Å². The predicted octanol–water partition coefficient (Wildman–Crippen LogP) is 0.0895. The third kappa shape index (κ3) is 1.63. The summed E-state index contributed by atoms with van der Waals surface area (Å²) in [7, 11) is 2.04. The fraction of sp³-hybridized carbons (Fsp3) is 1.00. The fourth-order valence-corrected chi connectivity index (χ4v) is 1.93. The lowest BCUT2D eigenvalue weighted by molar-refractivity contribution is -0.0509. The number of likely N-dealkylation sites (N-methyl/N-ethyl adjacent to an activating group) is 1. The van der Waals surface area contributed by atoms with Crippen molar-refractivity contribution in [2.45, 2.75) is 18.4 Å². The molecule has 2 fully saturated rings. The van der Waals surface area contributed by atoms with Crippen LogP contribution in [0.25, 0.3) is 0 Å². The van der Waals surface area contributed by atoms with E-state index in [1.807, 2.05) is 7.05 Å². The van der Waals surface area contributed by atoms with Gasteiger partial charge in [-0.2, -0.15) is 0 Å². The van der Waals surface area contributed by atoms with Crippen molar-refractivity contribution in [2.75, 3.05) is 33.4 Å². The molecular formula is C9H17NO2. The van der Waals surface area contributed by atoms with Gasteiger partial charge in [-0.05, 0) is 25.8 Å². The highest BCUT2D eigenvalue weighted by Crippen LogP contribution is 2.40. The van der Waals surface area contributed by atoms with Crippen LogP contribution in [0.2, 0.25) is 0 Å². The second-order valence-electron chi connectivity index (χ2n) is 4.17. The van der Waals surface area contributed by atoms with Gasteiger partial charge in [-0.3, -0.25) is 0 Å². The monoisotopic (exact) mass is 171 g/mol. The van der Waals surface area contributed by atoms with Gasteiger partial charge < -0.3 is 14.7 Å². The van der Waals surface area contributed by atoms with Gasteiger partial charge in [-0.1, -0.05) is 0 Å². The second-order valence-corrected chi connectivity index (χ2v) is 4.17. The summed E-state index contributed by atoms with van der Waals surface area (Å²) in [6.07, 6.45) is 2.35. The molecule has 3 heteroatoms. The minimum atomic E-state index is -0.550. The van der Waals surface area contributed by atoms with Crippen LogP contribution in [0, 0.1) is 5.92 Å².